The summed E-state index contributed by atoms with van der Waals surface area (Å²) in [7, 11) is 0. The van der Waals surface area contributed by atoms with Crippen LogP contribution in [0.5, 0.6) is 0 Å². The fourth-order valence-corrected chi connectivity index (χ4v) is 2.29. The minimum absolute atomic E-state index is 0.434. The topological polar surface area (TPSA) is 64.8 Å². The molecule has 0 amide bonds. The van der Waals surface area contributed by atoms with E-state index in [0.29, 0.717) is 17.6 Å². The third kappa shape index (κ3) is 3.17. The lowest BCUT2D eigenvalue weighted by atomic mass is 9.98. The number of aromatic nitrogens is 2. The Bertz CT molecular complexity index is 420. The minimum atomic E-state index is 0.434. The molecule has 1 N–H and O–H groups in total. The first-order valence-corrected chi connectivity index (χ1v) is 6.52. The first-order valence-electron chi connectivity index (χ1n) is 6.52. The average Bonchev–Trinajstić information content (AvgIpc) is 2.46. The van der Waals surface area contributed by atoms with Crippen molar-refractivity contribution in [3.05, 3.63) is 18.0 Å². The number of hydrogen-bond donors (Lipinski definition) is 1. The van der Waals surface area contributed by atoms with Gasteiger partial charge in [0.05, 0.1) is 0 Å². The van der Waals surface area contributed by atoms with Crippen molar-refractivity contribution in [1.29, 1.82) is 5.26 Å². The fraction of sp³-hybridized carbons (Fsp3) is 0.615. The van der Waals surface area contributed by atoms with Gasteiger partial charge in [-0.05, 0) is 44.8 Å². The lowest BCUT2D eigenvalue weighted by molar-refractivity contribution is 0.373. The largest absolute Gasteiger partial charge is 0.341 e. The molecule has 0 atom stereocenters. The maximum atomic E-state index is 8.87. The summed E-state index contributed by atoms with van der Waals surface area (Å²) in [6.45, 7) is 6.15. The van der Waals surface area contributed by atoms with Crippen LogP contribution in [0.25, 0.3) is 0 Å². The van der Waals surface area contributed by atoms with Crippen molar-refractivity contribution in [2.24, 2.45) is 5.92 Å². The van der Waals surface area contributed by atoms with Crippen LogP contribution in [0.1, 0.15) is 25.5 Å². The second-order valence-corrected chi connectivity index (χ2v) is 4.59. The Morgan fingerprint density at radius 1 is 1.50 bits per heavy atom. The molecular formula is C13H19N5. The number of piperidine rings is 1. The molecule has 96 valence electrons. The summed E-state index contributed by atoms with van der Waals surface area (Å²) in [4.78, 5) is 10.7. The number of nitriles is 1. The number of hydrogen-bond acceptors (Lipinski definition) is 5. The Hall–Kier alpha value is -1.67. The van der Waals surface area contributed by atoms with Crippen LogP contribution in [0.2, 0.25) is 0 Å². The molecule has 1 fully saturated rings. The van der Waals surface area contributed by atoms with E-state index >= 15 is 0 Å². The monoisotopic (exact) mass is 245 g/mol. The Morgan fingerprint density at radius 2 is 2.28 bits per heavy atom. The van der Waals surface area contributed by atoms with Crippen LogP contribution >= 0.6 is 0 Å². The van der Waals surface area contributed by atoms with Crippen molar-refractivity contribution in [3.63, 3.8) is 0 Å². The van der Waals surface area contributed by atoms with Gasteiger partial charge in [0, 0.05) is 19.3 Å². The second kappa shape index (κ2) is 6.31. The molecule has 0 aromatic carbocycles. The van der Waals surface area contributed by atoms with E-state index in [1.165, 1.54) is 12.8 Å². The van der Waals surface area contributed by atoms with Crippen molar-refractivity contribution in [2.45, 2.75) is 19.8 Å². The smallest absolute Gasteiger partial charge is 0.226 e. The molecule has 5 heteroatoms. The average molecular weight is 245 g/mol. The lowest BCUT2D eigenvalue weighted by Crippen LogP contribution is -2.37. The maximum absolute atomic E-state index is 8.87. The predicted molar refractivity (Wildman–Crippen MR) is 70.2 cm³/mol. The zero-order chi connectivity index (χ0) is 12.8. The Morgan fingerprint density at radius 3 is 2.94 bits per heavy atom. The van der Waals surface area contributed by atoms with Crippen LogP contribution in [0.15, 0.2) is 12.3 Å². The molecular weight excluding hydrogens is 226 g/mol. The number of anilines is 1. The Labute approximate surface area is 108 Å². The summed E-state index contributed by atoms with van der Waals surface area (Å²) in [6, 6.07) is 3.70. The molecule has 0 spiro atoms. The normalized spacial score (nSPS) is 16.2. The third-order valence-corrected chi connectivity index (χ3v) is 3.36. The molecule has 0 radical (unpaired) electrons. The fourth-order valence-electron chi connectivity index (χ4n) is 2.29. The van der Waals surface area contributed by atoms with Gasteiger partial charge in [-0.25, -0.2) is 9.97 Å². The lowest BCUT2D eigenvalue weighted by Gasteiger charge is -2.29. The van der Waals surface area contributed by atoms with Crippen LogP contribution in [-0.4, -0.2) is 36.1 Å². The van der Waals surface area contributed by atoms with Crippen LogP contribution in [0, 0.1) is 17.2 Å². The van der Waals surface area contributed by atoms with Crippen molar-refractivity contribution in [2.75, 3.05) is 31.1 Å². The SMILES string of the molecule is CCN(CC1CCNCC1)c1nccc(C#N)n1. The van der Waals surface area contributed by atoms with Gasteiger partial charge in [0.25, 0.3) is 0 Å². The molecule has 1 aliphatic heterocycles. The molecule has 0 bridgehead atoms. The summed E-state index contributed by atoms with van der Waals surface area (Å²) in [5.74, 6) is 1.37. The molecule has 18 heavy (non-hydrogen) atoms. The van der Waals surface area contributed by atoms with Gasteiger partial charge < -0.3 is 10.2 Å². The standard InChI is InChI=1S/C13H19N5/c1-2-18(10-11-3-6-15-7-4-11)13-16-8-5-12(9-14)17-13/h5,8,11,15H,2-4,6-7,10H2,1H3. The second-order valence-electron chi connectivity index (χ2n) is 4.59. The van der Waals surface area contributed by atoms with Gasteiger partial charge in [0.2, 0.25) is 5.95 Å². The predicted octanol–water partition coefficient (Wildman–Crippen LogP) is 1.17. The number of nitrogens with one attached hydrogen (secondary N) is 1. The van der Waals surface area contributed by atoms with Gasteiger partial charge in [-0.2, -0.15) is 5.26 Å². The molecule has 0 aliphatic carbocycles. The first kappa shape index (κ1) is 12.8. The van der Waals surface area contributed by atoms with E-state index in [2.05, 4.69) is 33.2 Å². The van der Waals surface area contributed by atoms with E-state index in [0.717, 1.165) is 26.2 Å². The highest BCUT2D eigenvalue weighted by Gasteiger charge is 2.18. The molecule has 5 nitrogen and oxygen atoms in total. The van der Waals surface area contributed by atoms with Crippen molar-refractivity contribution in [1.82, 2.24) is 15.3 Å². The number of nitrogens with zero attached hydrogens (tertiary/aromatic N) is 4. The van der Waals surface area contributed by atoms with Crippen LogP contribution in [-0.2, 0) is 0 Å². The van der Waals surface area contributed by atoms with Crippen LogP contribution < -0.4 is 10.2 Å². The molecule has 0 unspecified atom stereocenters. The minimum Gasteiger partial charge on any atom is -0.341 e. The summed E-state index contributed by atoms with van der Waals surface area (Å²) in [5.41, 5.74) is 0.434. The van der Waals surface area contributed by atoms with Crippen molar-refractivity contribution in [3.8, 4) is 6.07 Å². The molecule has 0 saturated carbocycles. The summed E-state index contributed by atoms with van der Waals surface area (Å²) < 4.78 is 0. The van der Waals surface area contributed by atoms with E-state index in [-0.39, 0.29) is 0 Å². The van der Waals surface area contributed by atoms with Crippen LogP contribution in [0.4, 0.5) is 5.95 Å². The molecule has 1 saturated heterocycles. The highest BCUT2D eigenvalue weighted by atomic mass is 15.2. The van der Waals surface area contributed by atoms with Gasteiger partial charge in [-0.15, -0.1) is 0 Å². The first-order chi connectivity index (χ1) is 8.83. The van der Waals surface area contributed by atoms with Crippen LogP contribution in [0.3, 0.4) is 0 Å². The zero-order valence-corrected chi connectivity index (χ0v) is 10.8. The Balaban J connectivity index is 2.05. The molecule has 1 aliphatic rings. The number of rotatable bonds is 4. The molecule has 2 heterocycles. The Kier molecular flexibility index (Phi) is 4.48. The van der Waals surface area contributed by atoms with Crippen molar-refractivity contribution < 1.29 is 0 Å². The van der Waals surface area contributed by atoms with Gasteiger partial charge >= 0.3 is 0 Å². The highest BCUT2D eigenvalue weighted by Crippen LogP contribution is 2.16. The van der Waals surface area contributed by atoms with E-state index in [1.54, 1.807) is 12.3 Å². The highest BCUT2D eigenvalue weighted by molar-refractivity contribution is 5.33. The summed E-state index contributed by atoms with van der Waals surface area (Å²) in [6.07, 6.45) is 4.06. The zero-order valence-electron chi connectivity index (χ0n) is 10.8. The van der Waals surface area contributed by atoms with E-state index in [4.69, 9.17) is 5.26 Å². The summed E-state index contributed by atoms with van der Waals surface area (Å²) in [5, 5.41) is 12.2. The van der Waals surface area contributed by atoms with Gasteiger partial charge in [0.15, 0.2) is 0 Å². The summed E-state index contributed by atoms with van der Waals surface area (Å²) >= 11 is 0. The van der Waals surface area contributed by atoms with Gasteiger partial charge in [-0.1, -0.05) is 0 Å². The molecule has 1 aromatic rings. The van der Waals surface area contributed by atoms with E-state index in [1.807, 2.05) is 0 Å². The van der Waals surface area contributed by atoms with Gasteiger partial charge in [-0.3, -0.25) is 0 Å². The molecule has 1 aromatic heterocycles. The van der Waals surface area contributed by atoms with Gasteiger partial charge in [0.1, 0.15) is 11.8 Å². The van der Waals surface area contributed by atoms with E-state index in [9.17, 15) is 0 Å². The van der Waals surface area contributed by atoms with E-state index < -0.39 is 0 Å². The van der Waals surface area contributed by atoms with Crippen molar-refractivity contribution >= 4 is 5.95 Å². The quantitative estimate of drug-likeness (QED) is 0.862. The molecule has 2 rings (SSSR count). The maximum Gasteiger partial charge on any atom is 0.226 e. The third-order valence-electron chi connectivity index (χ3n) is 3.36.